The predicted molar refractivity (Wildman–Crippen MR) is 117 cm³/mol. The fraction of sp³-hybridized carbons (Fsp3) is 0.458. The van der Waals surface area contributed by atoms with Crippen LogP contribution in [0.15, 0.2) is 42.5 Å². The number of aliphatic hydroxyl groups excluding tert-OH is 1. The van der Waals surface area contributed by atoms with Gasteiger partial charge in [-0.05, 0) is 73.1 Å². The molecule has 0 aromatic heterocycles. The van der Waals surface area contributed by atoms with Crippen molar-refractivity contribution in [3.8, 4) is 0 Å². The maximum absolute atomic E-state index is 11.1. The number of carbonyl (C=O) groups excluding carboxylic acids is 1. The molecule has 0 saturated carbocycles. The second-order valence-electron chi connectivity index (χ2n) is 8.45. The Morgan fingerprint density at radius 1 is 1.13 bits per heavy atom. The van der Waals surface area contributed by atoms with Crippen LogP contribution in [0.25, 0.3) is 0 Å². The van der Waals surface area contributed by atoms with Gasteiger partial charge in [0.15, 0.2) is 0 Å². The number of aliphatic hydroxyl groups is 1. The number of hydrogen-bond acceptors (Lipinski definition) is 5. The molecule has 2 N–H and O–H groups in total. The smallest absolute Gasteiger partial charge is 0.550 e. The molecular formula is C24H28ClN2NaO3. The number of aryl methyl sites for hydroxylation is 1. The summed E-state index contributed by atoms with van der Waals surface area (Å²) in [5.41, 5.74) is 4.77. The summed E-state index contributed by atoms with van der Waals surface area (Å²) >= 11 is 5.92. The van der Waals surface area contributed by atoms with E-state index in [1.807, 2.05) is 12.1 Å². The molecule has 5 nitrogen and oxygen atoms in total. The molecule has 7 heteroatoms. The number of anilines is 1. The molecule has 1 aliphatic carbocycles. The van der Waals surface area contributed by atoms with Crippen LogP contribution in [0.1, 0.15) is 42.1 Å². The van der Waals surface area contributed by atoms with Gasteiger partial charge in [0.2, 0.25) is 0 Å². The van der Waals surface area contributed by atoms with E-state index < -0.39 is 12.1 Å². The van der Waals surface area contributed by atoms with Crippen LogP contribution in [0.4, 0.5) is 5.69 Å². The van der Waals surface area contributed by atoms with E-state index >= 15 is 0 Å². The fourth-order valence-electron chi connectivity index (χ4n) is 4.57. The van der Waals surface area contributed by atoms with E-state index in [-0.39, 0.29) is 35.5 Å². The first-order valence-electron chi connectivity index (χ1n) is 10.7. The van der Waals surface area contributed by atoms with Crippen molar-refractivity contribution >= 4 is 23.3 Å². The SMILES string of the molecule is O=C([O-])C1CCN(c2ccc3c(c2)C[C@@H](NC[C@H](O)c2ccc(Cl)cc2)CC3)CC1.[Na+]. The molecule has 0 bridgehead atoms. The van der Waals surface area contributed by atoms with Crippen molar-refractivity contribution < 1.29 is 44.6 Å². The van der Waals surface area contributed by atoms with E-state index in [9.17, 15) is 15.0 Å². The monoisotopic (exact) mass is 450 g/mol. The third-order valence-corrected chi connectivity index (χ3v) is 6.72. The number of carboxylic acids is 1. The van der Waals surface area contributed by atoms with Crippen molar-refractivity contribution in [3.63, 3.8) is 0 Å². The number of aliphatic carboxylic acids is 1. The second kappa shape index (κ2) is 11.2. The summed E-state index contributed by atoms with van der Waals surface area (Å²) in [6.07, 6.45) is 3.75. The Kier molecular flexibility index (Phi) is 8.85. The summed E-state index contributed by atoms with van der Waals surface area (Å²) in [4.78, 5) is 13.4. The van der Waals surface area contributed by atoms with Crippen LogP contribution in [0, 0.1) is 5.92 Å². The molecule has 2 aromatic rings. The van der Waals surface area contributed by atoms with Crippen LogP contribution in [0.5, 0.6) is 0 Å². The van der Waals surface area contributed by atoms with Crippen molar-refractivity contribution in [1.29, 1.82) is 0 Å². The van der Waals surface area contributed by atoms with Gasteiger partial charge in [0.1, 0.15) is 0 Å². The Morgan fingerprint density at radius 2 is 1.84 bits per heavy atom. The number of hydrogen-bond donors (Lipinski definition) is 2. The van der Waals surface area contributed by atoms with Crippen molar-refractivity contribution in [2.45, 2.75) is 44.2 Å². The van der Waals surface area contributed by atoms with Gasteiger partial charge >= 0.3 is 29.6 Å². The number of rotatable bonds is 6. The Bertz CT molecular complexity index is 885. The Labute approximate surface area is 211 Å². The molecule has 2 aromatic carbocycles. The first-order valence-corrected chi connectivity index (χ1v) is 11.1. The van der Waals surface area contributed by atoms with Gasteiger partial charge in [0.05, 0.1) is 6.10 Å². The Balaban J connectivity index is 0.00000272. The molecule has 1 fully saturated rings. The molecule has 2 aliphatic rings. The summed E-state index contributed by atoms with van der Waals surface area (Å²) in [5.74, 6) is -1.24. The number of piperidine rings is 1. The van der Waals surface area contributed by atoms with Gasteiger partial charge in [0, 0.05) is 48.3 Å². The number of nitrogens with zero attached hydrogens (tertiary/aromatic N) is 1. The van der Waals surface area contributed by atoms with Crippen LogP contribution in [-0.4, -0.2) is 36.8 Å². The van der Waals surface area contributed by atoms with Crippen molar-refractivity contribution in [3.05, 3.63) is 64.2 Å². The van der Waals surface area contributed by atoms with Gasteiger partial charge in [-0.15, -0.1) is 0 Å². The minimum absolute atomic E-state index is 0. The number of carbonyl (C=O) groups is 1. The van der Waals surface area contributed by atoms with Gasteiger partial charge in [0.25, 0.3) is 0 Å². The molecule has 160 valence electrons. The minimum Gasteiger partial charge on any atom is -0.550 e. The molecule has 0 radical (unpaired) electrons. The van der Waals surface area contributed by atoms with Crippen LogP contribution in [-0.2, 0) is 17.6 Å². The van der Waals surface area contributed by atoms with Crippen molar-refractivity contribution in [2.24, 2.45) is 5.92 Å². The summed E-state index contributed by atoms with van der Waals surface area (Å²) in [7, 11) is 0. The van der Waals surface area contributed by atoms with Crippen LogP contribution in [0.2, 0.25) is 5.02 Å². The van der Waals surface area contributed by atoms with E-state index in [1.165, 1.54) is 16.8 Å². The summed E-state index contributed by atoms with van der Waals surface area (Å²) in [6.45, 7) is 2.02. The normalized spacial score (nSPS) is 19.9. The van der Waals surface area contributed by atoms with Crippen molar-refractivity contribution in [1.82, 2.24) is 5.32 Å². The maximum Gasteiger partial charge on any atom is 1.00 e. The fourth-order valence-corrected chi connectivity index (χ4v) is 4.69. The zero-order valence-electron chi connectivity index (χ0n) is 18.0. The quantitative estimate of drug-likeness (QED) is 0.580. The zero-order valence-corrected chi connectivity index (χ0v) is 20.8. The Hall–Kier alpha value is -1.08. The predicted octanol–water partition coefficient (Wildman–Crippen LogP) is -0.509. The molecule has 1 saturated heterocycles. The molecule has 0 unspecified atom stereocenters. The third-order valence-electron chi connectivity index (χ3n) is 6.47. The minimum atomic E-state index is -0.921. The van der Waals surface area contributed by atoms with Gasteiger partial charge < -0.3 is 25.2 Å². The topological polar surface area (TPSA) is 75.6 Å². The number of fused-ring (bicyclic) bond motifs is 1. The average molecular weight is 451 g/mol. The standard InChI is InChI=1S/C24H29ClN2O3.Na/c25-20-5-1-17(2-6-20)23(28)15-26-21-7-3-16-4-8-22(14-19(16)13-21)27-11-9-18(10-12-27)24(29)30;/h1-2,4-6,8,14,18,21,23,26,28H,3,7,9-13,15H2,(H,29,30);/q;+1/p-1/t21-,23-;/m0./s1. The number of nitrogens with one attached hydrogen (secondary N) is 1. The van der Waals surface area contributed by atoms with Crippen molar-refractivity contribution in [2.75, 3.05) is 24.5 Å². The molecule has 1 aliphatic heterocycles. The van der Waals surface area contributed by atoms with Crippen LogP contribution in [0.3, 0.4) is 0 Å². The van der Waals surface area contributed by atoms with E-state index in [0.717, 1.165) is 37.9 Å². The molecule has 2 atom stereocenters. The molecule has 1 heterocycles. The largest absolute Gasteiger partial charge is 1.00 e. The molecule has 0 amide bonds. The van der Waals surface area contributed by atoms with Gasteiger partial charge in [-0.3, -0.25) is 0 Å². The van der Waals surface area contributed by atoms with Gasteiger partial charge in [-0.2, -0.15) is 0 Å². The van der Waals surface area contributed by atoms with Crippen LogP contribution < -0.4 is 44.9 Å². The number of carboxylic acid groups (broad SMARTS) is 1. The first kappa shape index (κ1) is 24.6. The number of halogens is 1. The molecule has 31 heavy (non-hydrogen) atoms. The third kappa shape index (κ3) is 6.25. The zero-order chi connectivity index (χ0) is 21.1. The molecule has 0 spiro atoms. The Morgan fingerprint density at radius 3 is 2.52 bits per heavy atom. The molecular weight excluding hydrogens is 423 g/mol. The van der Waals surface area contributed by atoms with E-state index in [4.69, 9.17) is 11.6 Å². The molecule has 4 rings (SSSR count). The average Bonchev–Trinajstić information content (AvgIpc) is 2.77. The van der Waals surface area contributed by atoms with Gasteiger partial charge in [-0.25, -0.2) is 0 Å². The summed E-state index contributed by atoms with van der Waals surface area (Å²) in [6, 6.07) is 14.3. The first-order chi connectivity index (χ1) is 14.5. The van der Waals surface area contributed by atoms with E-state index in [0.29, 0.717) is 30.5 Å². The summed E-state index contributed by atoms with van der Waals surface area (Å²) < 4.78 is 0. The number of benzene rings is 2. The second-order valence-corrected chi connectivity index (χ2v) is 8.89. The maximum atomic E-state index is 11.1. The van der Waals surface area contributed by atoms with Crippen LogP contribution >= 0.6 is 11.6 Å². The van der Waals surface area contributed by atoms with E-state index in [1.54, 1.807) is 12.1 Å². The van der Waals surface area contributed by atoms with Gasteiger partial charge in [-0.1, -0.05) is 29.8 Å². The van der Waals surface area contributed by atoms with E-state index in [2.05, 4.69) is 28.4 Å². The summed E-state index contributed by atoms with van der Waals surface area (Å²) in [5, 5.41) is 25.7.